The molecule has 0 saturated heterocycles. The predicted octanol–water partition coefficient (Wildman–Crippen LogP) is 4.13. The van der Waals surface area contributed by atoms with Crippen LogP contribution in [0.4, 0.5) is 5.69 Å². The van der Waals surface area contributed by atoms with Crippen LogP contribution in [0.5, 0.6) is 11.5 Å². The zero-order valence-corrected chi connectivity index (χ0v) is 17.1. The third kappa shape index (κ3) is 4.94. The van der Waals surface area contributed by atoms with Crippen LogP contribution in [0.3, 0.4) is 0 Å². The molecule has 0 fully saturated rings. The Bertz CT molecular complexity index is 1070. The standard InChI is InChI=1S/C21H21ClN4O3/c1-14(2)29-18-10-9-15(11-19(18)28-3)12-23-25-17-13-24-26(21(27)20(17)22)16-7-5-4-6-8-16/h4-14,25H,1-3H3/b23-12-. The zero-order chi connectivity index (χ0) is 20.8. The Balaban J connectivity index is 1.77. The van der Waals surface area contributed by atoms with Gasteiger partial charge in [-0.25, -0.2) is 0 Å². The molecule has 0 radical (unpaired) electrons. The second kappa shape index (κ2) is 9.25. The van der Waals surface area contributed by atoms with E-state index in [1.807, 2.05) is 44.2 Å². The molecule has 0 amide bonds. The van der Waals surface area contributed by atoms with Crippen molar-refractivity contribution in [3.8, 4) is 17.2 Å². The van der Waals surface area contributed by atoms with E-state index < -0.39 is 5.56 Å². The van der Waals surface area contributed by atoms with Crippen molar-refractivity contribution in [3.63, 3.8) is 0 Å². The van der Waals surface area contributed by atoms with Gasteiger partial charge in [-0.2, -0.15) is 14.9 Å². The lowest BCUT2D eigenvalue weighted by Gasteiger charge is -2.13. The Morgan fingerprint density at radius 3 is 2.62 bits per heavy atom. The second-order valence-electron chi connectivity index (χ2n) is 6.37. The van der Waals surface area contributed by atoms with Gasteiger partial charge >= 0.3 is 0 Å². The summed E-state index contributed by atoms with van der Waals surface area (Å²) in [6, 6.07) is 14.5. The van der Waals surface area contributed by atoms with Gasteiger partial charge in [0, 0.05) is 0 Å². The second-order valence-corrected chi connectivity index (χ2v) is 6.75. The van der Waals surface area contributed by atoms with E-state index in [0.29, 0.717) is 22.9 Å². The number of anilines is 1. The van der Waals surface area contributed by atoms with Crippen LogP contribution in [0.2, 0.25) is 5.02 Å². The number of hydrazone groups is 1. The maximum absolute atomic E-state index is 12.5. The Morgan fingerprint density at radius 1 is 1.17 bits per heavy atom. The lowest BCUT2D eigenvalue weighted by molar-refractivity contribution is 0.230. The number of rotatable bonds is 7. The molecule has 0 atom stereocenters. The van der Waals surface area contributed by atoms with E-state index in [4.69, 9.17) is 21.1 Å². The van der Waals surface area contributed by atoms with Crippen molar-refractivity contribution in [1.82, 2.24) is 9.78 Å². The average molecular weight is 413 g/mol. The highest BCUT2D eigenvalue weighted by Gasteiger charge is 2.10. The number of ether oxygens (including phenoxy) is 2. The van der Waals surface area contributed by atoms with Gasteiger partial charge in [0.05, 0.1) is 31.3 Å². The van der Waals surface area contributed by atoms with E-state index in [1.165, 1.54) is 10.9 Å². The molecule has 0 unspecified atom stereocenters. The summed E-state index contributed by atoms with van der Waals surface area (Å²) in [7, 11) is 1.58. The minimum atomic E-state index is -0.435. The first-order chi connectivity index (χ1) is 14.0. The molecular formula is C21H21ClN4O3. The molecule has 29 heavy (non-hydrogen) atoms. The number of nitrogens with one attached hydrogen (secondary N) is 1. The van der Waals surface area contributed by atoms with Crippen molar-refractivity contribution in [2.75, 3.05) is 12.5 Å². The summed E-state index contributed by atoms with van der Waals surface area (Å²) in [5, 5.41) is 8.29. The maximum Gasteiger partial charge on any atom is 0.292 e. The van der Waals surface area contributed by atoms with Crippen molar-refractivity contribution in [1.29, 1.82) is 0 Å². The van der Waals surface area contributed by atoms with E-state index in [9.17, 15) is 4.79 Å². The number of para-hydroxylation sites is 1. The van der Waals surface area contributed by atoms with Gasteiger partial charge in [-0.05, 0) is 49.7 Å². The van der Waals surface area contributed by atoms with Gasteiger partial charge in [0.25, 0.3) is 5.56 Å². The third-order valence-corrected chi connectivity index (χ3v) is 4.23. The fraction of sp³-hybridized carbons (Fsp3) is 0.190. The van der Waals surface area contributed by atoms with Crippen molar-refractivity contribution < 1.29 is 9.47 Å². The van der Waals surface area contributed by atoms with Crippen LogP contribution >= 0.6 is 11.6 Å². The molecule has 1 heterocycles. The van der Waals surface area contributed by atoms with Crippen LogP contribution < -0.4 is 20.5 Å². The summed E-state index contributed by atoms with van der Waals surface area (Å²) in [6.45, 7) is 3.89. The molecule has 0 spiro atoms. The first kappa shape index (κ1) is 20.4. The van der Waals surface area contributed by atoms with Crippen molar-refractivity contribution in [3.05, 3.63) is 75.7 Å². The monoisotopic (exact) mass is 412 g/mol. The number of nitrogens with zero attached hydrogens (tertiary/aromatic N) is 3. The summed E-state index contributed by atoms with van der Waals surface area (Å²) in [6.07, 6.45) is 3.08. The van der Waals surface area contributed by atoms with Gasteiger partial charge < -0.3 is 9.47 Å². The largest absolute Gasteiger partial charge is 0.493 e. The van der Waals surface area contributed by atoms with Gasteiger partial charge in [-0.1, -0.05) is 29.8 Å². The summed E-state index contributed by atoms with van der Waals surface area (Å²) < 4.78 is 12.3. The van der Waals surface area contributed by atoms with Crippen molar-refractivity contribution in [2.45, 2.75) is 20.0 Å². The highest BCUT2D eigenvalue weighted by Crippen LogP contribution is 2.28. The van der Waals surface area contributed by atoms with Crippen LogP contribution in [-0.2, 0) is 0 Å². The minimum Gasteiger partial charge on any atom is -0.493 e. The maximum atomic E-state index is 12.5. The number of benzene rings is 2. The molecule has 0 aliphatic heterocycles. The Kier molecular flexibility index (Phi) is 6.51. The quantitative estimate of drug-likeness (QED) is 0.466. The Morgan fingerprint density at radius 2 is 1.93 bits per heavy atom. The normalized spacial score (nSPS) is 11.1. The van der Waals surface area contributed by atoms with Crippen LogP contribution in [0, 0.1) is 0 Å². The molecule has 8 heteroatoms. The van der Waals surface area contributed by atoms with Gasteiger partial charge in [0.2, 0.25) is 0 Å². The highest BCUT2D eigenvalue weighted by atomic mass is 35.5. The minimum absolute atomic E-state index is 0.000681. The zero-order valence-electron chi connectivity index (χ0n) is 16.3. The molecule has 3 rings (SSSR count). The van der Waals surface area contributed by atoms with Crippen LogP contribution in [-0.4, -0.2) is 29.2 Å². The summed E-state index contributed by atoms with van der Waals surface area (Å²) in [5.74, 6) is 1.26. The first-order valence-corrected chi connectivity index (χ1v) is 9.34. The van der Waals surface area contributed by atoms with Gasteiger partial charge in [0.15, 0.2) is 11.5 Å². The van der Waals surface area contributed by atoms with Crippen molar-refractivity contribution >= 4 is 23.5 Å². The Hall–Kier alpha value is -3.32. The van der Waals surface area contributed by atoms with Gasteiger partial charge in [-0.3, -0.25) is 10.2 Å². The molecule has 0 aliphatic rings. The average Bonchev–Trinajstić information content (AvgIpc) is 2.72. The fourth-order valence-corrected chi connectivity index (χ4v) is 2.73. The van der Waals surface area contributed by atoms with E-state index in [1.54, 1.807) is 31.5 Å². The summed E-state index contributed by atoms with van der Waals surface area (Å²) >= 11 is 6.20. The predicted molar refractivity (Wildman–Crippen MR) is 115 cm³/mol. The van der Waals surface area contributed by atoms with Gasteiger partial charge in [0.1, 0.15) is 10.7 Å². The lowest BCUT2D eigenvalue weighted by Crippen LogP contribution is -2.22. The molecule has 1 aromatic heterocycles. The Labute approximate surface area is 173 Å². The molecule has 0 saturated carbocycles. The van der Waals surface area contributed by atoms with E-state index in [-0.39, 0.29) is 11.1 Å². The first-order valence-electron chi connectivity index (χ1n) is 8.96. The molecule has 7 nitrogen and oxygen atoms in total. The summed E-state index contributed by atoms with van der Waals surface area (Å²) in [5.41, 5.74) is 4.05. The molecule has 150 valence electrons. The molecule has 0 bridgehead atoms. The highest BCUT2D eigenvalue weighted by molar-refractivity contribution is 6.32. The van der Waals surface area contributed by atoms with E-state index in [2.05, 4.69) is 15.6 Å². The number of hydrogen-bond acceptors (Lipinski definition) is 6. The lowest BCUT2D eigenvalue weighted by atomic mass is 10.2. The van der Waals surface area contributed by atoms with Gasteiger partial charge in [-0.15, -0.1) is 0 Å². The SMILES string of the molecule is COc1cc(/C=N\Nc2cnn(-c3ccccc3)c(=O)c2Cl)ccc1OC(C)C. The molecule has 2 aromatic carbocycles. The topological polar surface area (TPSA) is 77.7 Å². The molecule has 3 aromatic rings. The fourth-order valence-electron chi connectivity index (χ4n) is 2.56. The van der Waals surface area contributed by atoms with Crippen LogP contribution in [0.1, 0.15) is 19.4 Å². The number of aromatic nitrogens is 2. The van der Waals surface area contributed by atoms with Crippen LogP contribution in [0.15, 0.2) is 64.6 Å². The molecule has 0 aliphatic carbocycles. The van der Waals surface area contributed by atoms with Crippen molar-refractivity contribution in [2.24, 2.45) is 5.10 Å². The number of methoxy groups -OCH3 is 1. The third-order valence-electron chi connectivity index (χ3n) is 3.87. The van der Waals surface area contributed by atoms with E-state index in [0.717, 1.165) is 5.56 Å². The molecule has 1 N–H and O–H groups in total. The summed E-state index contributed by atoms with van der Waals surface area (Å²) in [4.78, 5) is 12.5. The number of halogens is 1. The molecular weight excluding hydrogens is 392 g/mol. The number of hydrogen-bond donors (Lipinski definition) is 1. The smallest absolute Gasteiger partial charge is 0.292 e. The van der Waals surface area contributed by atoms with Crippen LogP contribution in [0.25, 0.3) is 5.69 Å². The van der Waals surface area contributed by atoms with E-state index >= 15 is 0 Å².